The molecule has 1 aliphatic heterocycles. The van der Waals surface area contributed by atoms with Gasteiger partial charge in [0, 0.05) is 37.5 Å². The molecule has 0 aliphatic carbocycles. The van der Waals surface area contributed by atoms with Crippen LogP contribution in [0.5, 0.6) is 0 Å². The second-order valence-electron chi connectivity index (χ2n) is 6.66. The number of carbonyl (C=O) groups is 2. The van der Waals surface area contributed by atoms with Gasteiger partial charge in [0.25, 0.3) is 5.91 Å². The molecule has 1 saturated heterocycles. The summed E-state index contributed by atoms with van der Waals surface area (Å²) in [7, 11) is 1.63. The molecule has 0 saturated carbocycles. The van der Waals surface area contributed by atoms with E-state index in [-0.39, 0.29) is 18.0 Å². The summed E-state index contributed by atoms with van der Waals surface area (Å²) in [6.45, 7) is 1.72. The third kappa shape index (κ3) is 5.31. The molecule has 1 fully saturated rings. The van der Waals surface area contributed by atoms with E-state index in [9.17, 15) is 9.59 Å². The van der Waals surface area contributed by atoms with Gasteiger partial charge in [-0.05, 0) is 42.7 Å². The lowest BCUT2D eigenvalue weighted by atomic mass is 10.0. The van der Waals surface area contributed by atoms with E-state index in [1.54, 1.807) is 18.1 Å². The van der Waals surface area contributed by atoms with Gasteiger partial charge in [-0.15, -0.1) is 0 Å². The van der Waals surface area contributed by atoms with Crippen molar-refractivity contribution in [3.63, 3.8) is 0 Å². The number of carbonyl (C=O) groups excluding carboxylic acids is 2. The monoisotopic (exact) mass is 367 g/mol. The molecule has 0 unspecified atom stereocenters. The molecule has 0 bridgehead atoms. The number of benzene rings is 2. The van der Waals surface area contributed by atoms with E-state index >= 15 is 0 Å². The normalized spacial score (nSPS) is 14.6. The number of hydrogen-bond acceptors (Lipinski definition) is 3. The number of ether oxygens (including phenoxy) is 1. The molecule has 27 heavy (non-hydrogen) atoms. The summed E-state index contributed by atoms with van der Waals surface area (Å²) in [5.74, 6) is -0.0832. The highest BCUT2D eigenvalue weighted by Gasteiger charge is 2.24. The van der Waals surface area contributed by atoms with Crippen molar-refractivity contribution in [3.8, 4) is 0 Å². The standard InChI is InChI=1S/C21H25N3O3/c1-27-15-16-6-5-7-17(14-16)20(25)22-19-10-12-24(13-11-19)21(26)23-18-8-3-2-4-9-18/h2-9,14,19H,10-13,15H2,1H3,(H,22,25)(H,23,26). The Morgan fingerprint density at radius 3 is 2.52 bits per heavy atom. The first kappa shape index (κ1) is 18.9. The number of anilines is 1. The Balaban J connectivity index is 1.48. The zero-order valence-electron chi connectivity index (χ0n) is 15.5. The van der Waals surface area contributed by atoms with E-state index in [4.69, 9.17) is 4.74 Å². The van der Waals surface area contributed by atoms with E-state index in [1.165, 1.54) is 0 Å². The van der Waals surface area contributed by atoms with Crippen molar-refractivity contribution in [1.29, 1.82) is 0 Å². The molecule has 2 N–H and O–H groups in total. The van der Waals surface area contributed by atoms with Crippen LogP contribution in [0.1, 0.15) is 28.8 Å². The molecule has 3 amide bonds. The fourth-order valence-electron chi connectivity index (χ4n) is 3.19. The van der Waals surface area contributed by atoms with Crippen LogP contribution >= 0.6 is 0 Å². The molecule has 1 aliphatic rings. The van der Waals surface area contributed by atoms with Crippen molar-refractivity contribution < 1.29 is 14.3 Å². The van der Waals surface area contributed by atoms with Gasteiger partial charge in [0.1, 0.15) is 0 Å². The number of piperidine rings is 1. The second-order valence-corrected chi connectivity index (χ2v) is 6.66. The summed E-state index contributed by atoms with van der Waals surface area (Å²) in [6, 6.07) is 16.8. The van der Waals surface area contributed by atoms with Crippen molar-refractivity contribution in [2.75, 3.05) is 25.5 Å². The number of amides is 3. The van der Waals surface area contributed by atoms with Crippen LogP contribution in [0.25, 0.3) is 0 Å². The molecule has 6 nitrogen and oxygen atoms in total. The van der Waals surface area contributed by atoms with Crippen molar-refractivity contribution >= 4 is 17.6 Å². The molecule has 6 heteroatoms. The van der Waals surface area contributed by atoms with Crippen molar-refractivity contribution in [1.82, 2.24) is 10.2 Å². The van der Waals surface area contributed by atoms with Crippen LogP contribution in [0.3, 0.4) is 0 Å². The number of nitrogens with one attached hydrogen (secondary N) is 2. The Morgan fingerprint density at radius 2 is 1.81 bits per heavy atom. The molecule has 2 aromatic carbocycles. The van der Waals surface area contributed by atoms with Crippen molar-refractivity contribution in [2.24, 2.45) is 0 Å². The molecule has 3 rings (SSSR count). The maximum absolute atomic E-state index is 12.5. The number of para-hydroxylation sites is 1. The van der Waals surface area contributed by atoms with Crippen LogP contribution in [-0.2, 0) is 11.3 Å². The van der Waals surface area contributed by atoms with Crippen LogP contribution in [-0.4, -0.2) is 43.1 Å². The average molecular weight is 367 g/mol. The van der Waals surface area contributed by atoms with Gasteiger partial charge in [0.2, 0.25) is 0 Å². The zero-order chi connectivity index (χ0) is 19.1. The largest absolute Gasteiger partial charge is 0.380 e. The summed E-state index contributed by atoms with van der Waals surface area (Å²) < 4.78 is 5.11. The predicted molar refractivity (Wildman–Crippen MR) is 105 cm³/mol. The topological polar surface area (TPSA) is 70.7 Å². The number of urea groups is 1. The minimum Gasteiger partial charge on any atom is -0.380 e. The van der Waals surface area contributed by atoms with Crippen LogP contribution in [0.15, 0.2) is 54.6 Å². The van der Waals surface area contributed by atoms with Gasteiger partial charge in [-0.25, -0.2) is 4.79 Å². The lowest BCUT2D eigenvalue weighted by Gasteiger charge is -2.32. The van der Waals surface area contributed by atoms with E-state index in [0.717, 1.165) is 24.1 Å². The molecule has 0 spiro atoms. The highest BCUT2D eigenvalue weighted by molar-refractivity contribution is 5.94. The van der Waals surface area contributed by atoms with Crippen molar-refractivity contribution in [2.45, 2.75) is 25.5 Å². The maximum atomic E-state index is 12.5. The highest BCUT2D eigenvalue weighted by Crippen LogP contribution is 2.14. The van der Waals surface area contributed by atoms with E-state index in [2.05, 4.69) is 10.6 Å². The Hall–Kier alpha value is -2.86. The van der Waals surface area contributed by atoms with E-state index < -0.39 is 0 Å². The molecule has 0 atom stereocenters. The van der Waals surface area contributed by atoms with Crippen LogP contribution < -0.4 is 10.6 Å². The molecule has 142 valence electrons. The Morgan fingerprint density at radius 1 is 1.07 bits per heavy atom. The molecule has 2 aromatic rings. The zero-order valence-corrected chi connectivity index (χ0v) is 15.5. The number of rotatable bonds is 5. The number of nitrogens with zero attached hydrogens (tertiary/aromatic N) is 1. The van der Waals surface area contributed by atoms with Gasteiger partial charge in [0.15, 0.2) is 0 Å². The number of likely N-dealkylation sites (tertiary alicyclic amines) is 1. The van der Waals surface area contributed by atoms with Gasteiger partial charge in [-0.2, -0.15) is 0 Å². The predicted octanol–water partition coefficient (Wildman–Crippen LogP) is 3.26. The Labute approximate surface area is 159 Å². The van der Waals surface area contributed by atoms with Gasteiger partial charge in [0.05, 0.1) is 6.61 Å². The van der Waals surface area contributed by atoms with Gasteiger partial charge in [-0.1, -0.05) is 30.3 Å². The Kier molecular flexibility index (Phi) is 6.44. The minimum atomic E-state index is -0.0988. The fourth-order valence-corrected chi connectivity index (χ4v) is 3.19. The SMILES string of the molecule is COCc1cccc(C(=O)NC2CCN(C(=O)Nc3ccccc3)CC2)c1. The third-order valence-electron chi connectivity index (χ3n) is 4.64. The third-order valence-corrected chi connectivity index (χ3v) is 4.64. The van der Waals surface area contributed by atoms with Crippen LogP contribution in [0.4, 0.5) is 10.5 Å². The van der Waals surface area contributed by atoms with E-state index in [1.807, 2.05) is 48.5 Å². The summed E-state index contributed by atoms with van der Waals surface area (Å²) >= 11 is 0. The van der Waals surface area contributed by atoms with Gasteiger partial charge in [-0.3, -0.25) is 4.79 Å². The second kappa shape index (κ2) is 9.19. The van der Waals surface area contributed by atoms with Crippen molar-refractivity contribution in [3.05, 3.63) is 65.7 Å². The quantitative estimate of drug-likeness (QED) is 0.852. The highest BCUT2D eigenvalue weighted by atomic mass is 16.5. The summed E-state index contributed by atoms with van der Waals surface area (Å²) in [6.07, 6.45) is 1.48. The Bertz CT molecular complexity index is 771. The minimum absolute atomic E-state index is 0.0735. The van der Waals surface area contributed by atoms with Crippen LogP contribution in [0, 0.1) is 0 Å². The summed E-state index contributed by atoms with van der Waals surface area (Å²) in [5, 5.41) is 5.97. The lowest BCUT2D eigenvalue weighted by molar-refractivity contribution is 0.0919. The summed E-state index contributed by atoms with van der Waals surface area (Å²) in [4.78, 5) is 26.6. The van der Waals surface area contributed by atoms with E-state index in [0.29, 0.717) is 25.3 Å². The first-order chi connectivity index (χ1) is 13.2. The summed E-state index contributed by atoms with van der Waals surface area (Å²) in [5.41, 5.74) is 2.39. The van der Waals surface area contributed by atoms with Crippen LogP contribution in [0.2, 0.25) is 0 Å². The molecule has 0 aromatic heterocycles. The maximum Gasteiger partial charge on any atom is 0.321 e. The first-order valence-corrected chi connectivity index (χ1v) is 9.15. The smallest absolute Gasteiger partial charge is 0.321 e. The number of methoxy groups -OCH3 is 1. The first-order valence-electron chi connectivity index (χ1n) is 9.15. The molecular formula is C21H25N3O3. The number of hydrogen-bond donors (Lipinski definition) is 2. The lowest BCUT2D eigenvalue weighted by Crippen LogP contribution is -2.47. The molecule has 0 radical (unpaired) electrons. The average Bonchev–Trinajstić information content (AvgIpc) is 2.70. The molecular weight excluding hydrogens is 342 g/mol. The fraction of sp³-hybridized carbons (Fsp3) is 0.333. The van der Waals surface area contributed by atoms with Gasteiger partial charge < -0.3 is 20.3 Å². The van der Waals surface area contributed by atoms with Gasteiger partial charge >= 0.3 is 6.03 Å². The molecule has 1 heterocycles.